The number of hydrogen-bond donors (Lipinski definition) is 0. The largest absolute Gasteiger partial charge is 0.0991 e. The van der Waals surface area contributed by atoms with Gasteiger partial charge in [0.1, 0.15) is 0 Å². The monoisotopic (exact) mass is 194 g/mol. The summed E-state index contributed by atoms with van der Waals surface area (Å²) < 4.78 is 0. The Kier molecular flexibility index (Phi) is 2.68. The fourth-order valence-corrected chi connectivity index (χ4v) is 1.82. The maximum absolute atomic E-state index is 4.05. The van der Waals surface area contributed by atoms with Crippen molar-refractivity contribution in [1.29, 1.82) is 0 Å². The quantitative estimate of drug-likeness (QED) is 0.643. The summed E-state index contributed by atoms with van der Waals surface area (Å²) in [4.78, 5) is 0. The Morgan fingerprint density at radius 3 is 2.40 bits per heavy atom. The summed E-state index contributed by atoms with van der Waals surface area (Å²) in [7, 11) is 0. The second-order valence-corrected chi connectivity index (χ2v) is 3.73. The normalized spacial score (nSPS) is 17.3. The van der Waals surface area contributed by atoms with E-state index in [1.807, 2.05) is 12.2 Å². The summed E-state index contributed by atoms with van der Waals surface area (Å²) in [5.74, 6) is 0. The lowest BCUT2D eigenvalue weighted by molar-refractivity contribution is 1.28. The van der Waals surface area contributed by atoms with E-state index in [2.05, 4.69) is 49.6 Å². The minimum Gasteiger partial charge on any atom is -0.0991 e. The number of fused-ring (bicyclic) bond motifs is 1. The van der Waals surface area contributed by atoms with Crippen LogP contribution in [0.25, 0.3) is 12.2 Å². The van der Waals surface area contributed by atoms with Crippen molar-refractivity contribution in [2.45, 2.75) is 6.42 Å². The van der Waals surface area contributed by atoms with Crippen molar-refractivity contribution >= 4 is 12.2 Å². The van der Waals surface area contributed by atoms with E-state index in [4.69, 9.17) is 0 Å². The van der Waals surface area contributed by atoms with Gasteiger partial charge >= 0.3 is 0 Å². The van der Waals surface area contributed by atoms with E-state index < -0.39 is 0 Å². The highest BCUT2D eigenvalue weighted by atomic mass is 14.0. The summed E-state index contributed by atoms with van der Waals surface area (Å²) in [6, 6.07) is 8.36. The predicted octanol–water partition coefficient (Wildman–Crippen LogP) is 2.32. The molecule has 0 aliphatic heterocycles. The molecule has 1 aliphatic carbocycles. The fourth-order valence-electron chi connectivity index (χ4n) is 1.82. The average Bonchev–Trinajstić information content (AvgIpc) is 2.35. The number of benzene rings is 1. The second kappa shape index (κ2) is 4.14. The molecule has 0 fully saturated rings. The van der Waals surface area contributed by atoms with Gasteiger partial charge in [-0.1, -0.05) is 67.3 Å². The highest BCUT2D eigenvalue weighted by molar-refractivity contribution is 5.59. The van der Waals surface area contributed by atoms with Gasteiger partial charge in [-0.3, -0.25) is 0 Å². The van der Waals surface area contributed by atoms with Crippen molar-refractivity contribution in [3.8, 4) is 0 Å². The van der Waals surface area contributed by atoms with E-state index in [1.54, 1.807) is 0 Å². The first kappa shape index (κ1) is 9.72. The third-order valence-corrected chi connectivity index (χ3v) is 2.46. The number of rotatable bonds is 1. The Morgan fingerprint density at radius 2 is 1.73 bits per heavy atom. The SMILES string of the molecule is C=C/C=C1/C=c2ccccc2=CC(=C)C1. The molecule has 1 aromatic carbocycles. The highest BCUT2D eigenvalue weighted by Gasteiger charge is 1.99. The molecule has 0 saturated heterocycles. The predicted molar refractivity (Wildman–Crippen MR) is 66.7 cm³/mol. The van der Waals surface area contributed by atoms with Crippen LogP contribution in [0.2, 0.25) is 0 Å². The van der Waals surface area contributed by atoms with Crippen LogP contribution in [0.3, 0.4) is 0 Å². The maximum atomic E-state index is 4.05. The third-order valence-electron chi connectivity index (χ3n) is 2.46. The van der Waals surface area contributed by atoms with E-state index >= 15 is 0 Å². The standard InChI is InChI=1S/C15H14/c1-3-6-13-9-12(2)10-14-7-4-5-8-15(14)11-13/h3-8,10-11H,1-2,9H2/b13-6+. The molecule has 0 atom stereocenters. The molecule has 0 bridgehead atoms. The molecule has 0 nitrogen and oxygen atoms in total. The van der Waals surface area contributed by atoms with Crippen LogP contribution in [-0.2, 0) is 0 Å². The zero-order valence-corrected chi connectivity index (χ0v) is 8.74. The van der Waals surface area contributed by atoms with E-state index in [0.717, 1.165) is 12.0 Å². The molecule has 0 unspecified atom stereocenters. The summed E-state index contributed by atoms with van der Waals surface area (Å²) in [5, 5.41) is 2.50. The topological polar surface area (TPSA) is 0 Å². The second-order valence-electron chi connectivity index (χ2n) is 3.73. The Morgan fingerprint density at radius 1 is 1.07 bits per heavy atom. The Balaban J connectivity index is 2.72. The summed E-state index contributed by atoms with van der Waals surface area (Å²) in [5.41, 5.74) is 2.40. The molecule has 0 saturated carbocycles. The van der Waals surface area contributed by atoms with Crippen LogP contribution in [0, 0.1) is 0 Å². The van der Waals surface area contributed by atoms with Crippen LogP contribution < -0.4 is 10.4 Å². The van der Waals surface area contributed by atoms with Gasteiger partial charge in [0, 0.05) is 0 Å². The van der Waals surface area contributed by atoms with E-state index in [0.29, 0.717) is 0 Å². The fraction of sp³-hybridized carbons (Fsp3) is 0.0667. The Labute approximate surface area is 90.3 Å². The van der Waals surface area contributed by atoms with Gasteiger partial charge in [-0.2, -0.15) is 0 Å². The zero-order valence-electron chi connectivity index (χ0n) is 8.74. The molecular weight excluding hydrogens is 180 g/mol. The Bertz CT molecular complexity index is 542. The van der Waals surface area contributed by atoms with Gasteiger partial charge in [0.05, 0.1) is 0 Å². The van der Waals surface area contributed by atoms with Crippen LogP contribution in [0.15, 0.2) is 60.7 Å². The molecule has 2 rings (SSSR count). The summed E-state index contributed by atoms with van der Waals surface area (Å²) in [6.45, 7) is 7.78. The molecule has 0 amide bonds. The molecular formula is C15H14. The Hall–Kier alpha value is -1.82. The molecule has 1 aliphatic rings. The van der Waals surface area contributed by atoms with Crippen molar-refractivity contribution in [3.63, 3.8) is 0 Å². The van der Waals surface area contributed by atoms with E-state index in [-0.39, 0.29) is 0 Å². The molecule has 0 heteroatoms. The molecule has 74 valence electrons. The first-order valence-electron chi connectivity index (χ1n) is 5.07. The third kappa shape index (κ3) is 2.16. The lowest BCUT2D eigenvalue weighted by Crippen LogP contribution is -2.22. The van der Waals surface area contributed by atoms with Crippen LogP contribution in [-0.4, -0.2) is 0 Å². The molecule has 0 aromatic heterocycles. The maximum Gasteiger partial charge on any atom is -0.00312 e. The first-order chi connectivity index (χ1) is 7.29. The molecule has 1 aromatic rings. The van der Waals surface area contributed by atoms with Gasteiger partial charge < -0.3 is 0 Å². The molecule has 0 radical (unpaired) electrons. The molecule has 0 heterocycles. The molecule has 0 N–H and O–H groups in total. The lowest BCUT2D eigenvalue weighted by atomic mass is 10.1. The van der Waals surface area contributed by atoms with Crippen molar-refractivity contribution in [2.24, 2.45) is 0 Å². The van der Waals surface area contributed by atoms with Gasteiger partial charge in [0.15, 0.2) is 0 Å². The smallest absolute Gasteiger partial charge is 0.00312 e. The van der Waals surface area contributed by atoms with E-state index in [9.17, 15) is 0 Å². The minimum absolute atomic E-state index is 0.903. The number of hydrogen-bond acceptors (Lipinski definition) is 0. The van der Waals surface area contributed by atoms with Gasteiger partial charge in [0.25, 0.3) is 0 Å². The first-order valence-corrected chi connectivity index (χ1v) is 5.07. The minimum atomic E-state index is 0.903. The number of allylic oxidation sites excluding steroid dienone is 4. The van der Waals surface area contributed by atoms with Gasteiger partial charge in [-0.05, 0) is 22.4 Å². The summed E-state index contributed by atoms with van der Waals surface area (Å²) in [6.07, 6.45) is 9.12. The van der Waals surface area contributed by atoms with Gasteiger partial charge in [-0.15, -0.1) is 0 Å². The van der Waals surface area contributed by atoms with Gasteiger partial charge in [0.2, 0.25) is 0 Å². The van der Waals surface area contributed by atoms with Crippen LogP contribution >= 0.6 is 0 Å². The highest BCUT2D eigenvalue weighted by Crippen LogP contribution is 2.13. The zero-order chi connectivity index (χ0) is 10.7. The van der Waals surface area contributed by atoms with Crippen molar-refractivity contribution in [3.05, 3.63) is 71.2 Å². The lowest BCUT2D eigenvalue weighted by Gasteiger charge is -1.97. The van der Waals surface area contributed by atoms with Crippen molar-refractivity contribution < 1.29 is 0 Å². The van der Waals surface area contributed by atoms with Crippen LogP contribution in [0.1, 0.15) is 6.42 Å². The molecule has 15 heavy (non-hydrogen) atoms. The average molecular weight is 194 g/mol. The van der Waals surface area contributed by atoms with Crippen LogP contribution in [0.4, 0.5) is 0 Å². The van der Waals surface area contributed by atoms with Crippen LogP contribution in [0.5, 0.6) is 0 Å². The van der Waals surface area contributed by atoms with Gasteiger partial charge in [-0.25, -0.2) is 0 Å². The summed E-state index contributed by atoms with van der Waals surface area (Å²) >= 11 is 0. The van der Waals surface area contributed by atoms with E-state index in [1.165, 1.54) is 16.0 Å². The van der Waals surface area contributed by atoms with Crippen molar-refractivity contribution in [1.82, 2.24) is 0 Å². The molecule has 0 spiro atoms. The van der Waals surface area contributed by atoms with Crippen molar-refractivity contribution in [2.75, 3.05) is 0 Å².